The zero-order chi connectivity index (χ0) is 13.3. The molecule has 3 atom stereocenters. The van der Waals surface area contributed by atoms with Gasteiger partial charge in [0.25, 0.3) is 0 Å². The highest BCUT2D eigenvalue weighted by Gasteiger charge is 2.42. The van der Waals surface area contributed by atoms with E-state index < -0.39 is 0 Å². The first kappa shape index (κ1) is 13.1. The van der Waals surface area contributed by atoms with Gasteiger partial charge in [0.2, 0.25) is 5.91 Å². The van der Waals surface area contributed by atoms with Gasteiger partial charge in [-0.15, -0.1) is 0 Å². The molecule has 2 aliphatic rings. The van der Waals surface area contributed by atoms with Gasteiger partial charge >= 0.3 is 6.03 Å². The molecule has 0 aromatic heterocycles. The molecule has 0 aromatic carbocycles. The normalized spacial score (nSPS) is 30.8. The van der Waals surface area contributed by atoms with E-state index in [0.717, 1.165) is 19.4 Å². The van der Waals surface area contributed by atoms with Crippen molar-refractivity contribution < 1.29 is 14.3 Å². The molecule has 0 aliphatic carbocycles. The lowest BCUT2D eigenvalue weighted by Gasteiger charge is -2.35. The van der Waals surface area contributed by atoms with E-state index in [1.807, 2.05) is 0 Å². The average Bonchev–Trinajstić information content (AvgIpc) is 2.79. The first-order valence-corrected chi connectivity index (χ1v) is 6.36. The average molecular weight is 255 g/mol. The summed E-state index contributed by atoms with van der Waals surface area (Å²) < 4.78 is 5.75. The first-order chi connectivity index (χ1) is 8.52. The van der Waals surface area contributed by atoms with E-state index in [4.69, 9.17) is 4.74 Å². The van der Waals surface area contributed by atoms with Crippen molar-refractivity contribution in [3.05, 3.63) is 0 Å². The Kier molecular flexibility index (Phi) is 3.75. The van der Waals surface area contributed by atoms with E-state index >= 15 is 0 Å². The Morgan fingerprint density at radius 2 is 2.11 bits per heavy atom. The van der Waals surface area contributed by atoms with Gasteiger partial charge in [0.1, 0.15) is 6.10 Å². The SMILES string of the molecule is CNC(=O)[C@@H]1C[C@H]2CCN(C(=O)N(C)C)C[C@@H]2O1. The second kappa shape index (κ2) is 5.14. The van der Waals surface area contributed by atoms with Crippen molar-refractivity contribution in [1.82, 2.24) is 15.1 Å². The molecule has 2 saturated heterocycles. The van der Waals surface area contributed by atoms with Crippen LogP contribution in [-0.2, 0) is 9.53 Å². The zero-order valence-corrected chi connectivity index (χ0v) is 11.2. The molecular formula is C12H21N3O3. The second-order valence-electron chi connectivity index (χ2n) is 5.18. The third-order valence-corrected chi connectivity index (χ3v) is 3.74. The van der Waals surface area contributed by atoms with Crippen LogP contribution < -0.4 is 5.32 Å². The summed E-state index contributed by atoms with van der Waals surface area (Å²) in [5.41, 5.74) is 0. The Labute approximate surface area is 107 Å². The Morgan fingerprint density at radius 3 is 2.72 bits per heavy atom. The molecule has 2 rings (SSSR count). The van der Waals surface area contributed by atoms with Crippen LogP contribution in [0.5, 0.6) is 0 Å². The Hall–Kier alpha value is -1.30. The van der Waals surface area contributed by atoms with Gasteiger partial charge in [0.15, 0.2) is 0 Å². The number of hydrogen-bond acceptors (Lipinski definition) is 3. The molecule has 2 heterocycles. The standard InChI is InChI=1S/C12H21N3O3/c1-13-11(16)9-6-8-4-5-15(7-10(8)18-9)12(17)14(2)3/h8-10H,4-7H2,1-3H3,(H,13,16)/t8-,9+,10+/m1/s1. The smallest absolute Gasteiger partial charge is 0.319 e. The summed E-state index contributed by atoms with van der Waals surface area (Å²) in [4.78, 5) is 26.8. The number of hydrogen-bond donors (Lipinski definition) is 1. The number of ether oxygens (including phenoxy) is 1. The molecule has 6 nitrogen and oxygen atoms in total. The molecule has 0 bridgehead atoms. The second-order valence-corrected chi connectivity index (χ2v) is 5.18. The quantitative estimate of drug-likeness (QED) is 0.711. The minimum absolute atomic E-state index is 0.00458. The van der Waals surface area contributed by atoms with E-state index in [-0.39, 0.29) is 24.1 Å². The number of fused-ring (bicyclic) bond motifs is 1. The maximum atomic E-state index is 11.9. The number of carbonyl (C=O) groups is 2. The summed E-state index contributed by atoms with van der Waals surface area (Å²) in [6.45, 7) is 1.34. The van der Waals surface area contributed by atoms with Crippen LogP contribution in [-0.4, -0.2) is 68.2 Å². The van der Waals surface area contributed by atoms with Gasteiger partial charge in [-0.2, -0.15) is 0 Å². The highest BCUT2D eigenvalue weighted by molar-refractivity contribution is 5.80. The molecular weight excluding hydrogens is 234 g/mol. The van der Waals surface area contributed by atoms with Crippen LogP contribution in [0.2, 0.25) is 0 Å². The summed E-state index contributed by atoms with van der Waals surface area (Å²) in [5, 5.41) is 2.62. The molecule has 1 N–H and O–H groups in total. The molecule has 18 heavy (non-hydrogen) atoms. The molecule has 6 heteroatoms. The largest absolute Gasteiger partial charge is 0.363 e. The zero-order valence-electron chi connectivity index (χ0n) is 11.2. The Morgan fingerprint density at radius 1 is 1.39 bits per heavy atom. The van der Waals surface area contributed by atoms with Crippen molar-refractivity contribution in [2.75, 3.05) is 34.2 Å². The number of piperidine rings is 1. The summed E-state index contributed by atoms with van der Waals surface area (Å²) in [6.07, 6.45) is 1.34. The predicted molar refractivity (Wildman–Crippen MR) is 66.1 cm³/mol. The number of urea groups is 1. The van der Waals surface area contributed by atoms with Crippen molar-refractivity contribution in [2.45, 2.75) is 25.0 Å². The lowest BCUT2D eigenvalue weighted by Crippen LogP contribution is -2.49. The maximum Gasteiger partial charge on any atom is 0.319 e. The number of amides is 3. The highest BCUT2D eigenvalue weighted by Crippen LogP contribution is 2.33. The number of nitrogens with zero attached hydrogens (tertiary/aromatic N) is 2. The third kappa shape index (κ3) is 2.43. The molecule has 102 valence electrons. The van der Waals surface area contributed by atoms with E-state index in [0.29, 0.717) is 12.5 Å². The number of carbonyl (C=O) groups excluding carboxylic acids is 2. The fourth-order valence-corrected chi connectivity index (χ4v) is 2.72. The number of rotatable bonds is 1. The summed E-state index contributed by atoms with van der Waals surface area (Å²) >= 11 is 0. The van der Waals surface area contributed by atoms with Gasteiger partial charge < -0.3 is 19.9 Å². The molecule has 0 aromatic rings. The molecule has 0 saturated carbocycles. The van der Waals surface area contributed by atoms with E-state index in [1.54, 1.807) is 30.9 Å². The fourth-order valence-electron chi connectivity index (χ4n) is 2.72. The Bertz CT molecular complexity index is 345. The fraction of sp³-hybridized carbons (Fsp3) is 0.833. The van der Waals surface area contributed by atoms with Gasteiger partial charge in [-0.05, 0) is 18.8 Å². The van der Waals surface area contributed by atoms with Gasteiger partial charge in [-0.3, -0.25) is 4.79 Å². The lowest BCUT2D eigenvalue weighted by molar-refractivity contribution is -0.132. The van der Waals surface area contributed by atoms with Crippen LogP contribution in [0.15, 0.2) is 0 Å². The van der Waals surface area contributed by atoms with E-state index in [9.17, 15) is 9.59 Å². The van der Waals surface area contributed by atoms with Gasteiger partial charge in [-0.1, -0.05) is 0 Å². The highest BCUT2D eigenvalue weighted by atomic mass is 16.5. The maximum absolute atomic E-state index is 11.9. The van der Waals surface area contributed by atoms with Crippen LogP contribution in [0.4, 0.5) is 4.79 Å². The molecule has 3 amide bonds. The van der Waals surface area contributed by atoms with Gasteiger partial charge in [-0.25, -0.2) is 4.79 Å². The van der Waals surface area contributed by atoms with Crippen LogP contribution >= 0.6 is 0 Å². The molecule has 0 radical (unpaired) electrons. The van der Waals surface area contributed by atoms with Gasteiger partial charge in [0.05, 0.1) is 6.10 Å². The third-order valence-electron chi connectivity index (χ3n) is 3.74. The van der Waals surface area contributed by atoms with Crippen LogP contribution in [0.25, 0.3) is 0 Å². The minimum atomic E-state index is -0.348. The monoisotopic (exact) mass is 255 g/mol. The molecule has 0 unspecified atom stereocenters. The molecule has 0 spiro atoms. The number of likely N-dealkylation sites (N-methyl/N-ethyl adjacent to an activating group) is 1. The van der Waals surface area contributed by atoms with E-state index in [2.05, 4.69) is 5.32 Å². The first-order valence-electron chi connectivity index (χ1n) is 6.36. The summed E-state index contributed by atoms with van der Waals surface area (Å²) in [6, 6.07) is 0.0143. The molecule has 2 fully saturated rings. The number of likely N-dealkylation sites (tertiary alicyclic amines) is 1. The predicted octanol–water partition coefficient (Wildman–Crippen LogP) is -0.107. The van der Waals surface area contributed by atoms with Crippen molar-refractivity contribution in [3.8, 4) is 0 Å². The minimum Gasteiger partial charge on any atom is -0.363 e. The topological polar surface area (TPSA) is 61.9 Å². The van der Waals surface area contributed by atoms with Gasteiger partial charge in [0, 0.05) is 34.2 Å². The van der Waals surface area contributed by atoms with Crippen LogP contribution in [0.1, 0.15) is 12.8 Å². The van der Waals surface area contributed by atoms with Crippen LogP contribution in [0, 0.1) is 5.92 Å². The van der Waals surface area contributed by atoms with Crippen molar-refractivity contribution in [2.24, 2.45) is 5.92 Å². The van der Waals surface area contributed by atoms with E-state index in [1.165, 1.54) is 0 Å². The Balaban J connectivity index is 1.95. The van der Waals surface area contributed by atoms with Crippen molar-refractivity contribution in [1.29, 1.82) is 0 Å². The van der Waals surface area contributed by atoms with Crippen LogP contribution in [0.3, 0.4) is 0 Å². The molecule has 2 aliphatic heterocycles. The lowest BCUT2D eigenvalue weighted by atomic mass is 9.92. The summed E-state index contributed by atoms with van der Waals surface area (Å²) in [7, 11) is 5.12. The van der Waals surface area contributed by atoms with Crippen molar-refractivity contribution in [3.63, 3.8) is 0 Å². The summed E-state index contributed by atoms with van der Waals surface area (Å²) in [5.74, 6) is 0.341. The van der Waals surface area contributed by atoms with Crippen molar-refractivity contribution >= 4 is 11.9 Å². The number of nitrogens with one attached hydrogen (secondary N) is 1.